The Morgan fingerprint density at radius 1 is 1.26 bits per heavy atom. The van der Waals surface area contributed by atoms with Crippen molar-refractivity contribution >= 4 is 5.97 Å². The van der Waals surface area contributed by atoms with Gasteiger partial charge < -0.3 is 14.2 Å². The van der Waals surface area contributed by atoms with Crippen molar-refractivity contribution in [2.24, 2.45) is 0 Å². The van der Waals surface area contributed by atoms with Crippen LogP contribution in [0, 0.1) is 6.92 Å². The Bertz CT molecular complexity index is 465. The second-order valence-electron chi connectivity index (χ2n) is 4.16. The molecule has 1 aromatic rings. The van der Waals surface area contributed by atoms with Crippen LogP contribution in [0.15, 0.2) is 24.8 Å². The largest absolute Gasteiger partial charge is 0.496 e. The van der Waals surface area contributed by atoms with E-state index in [1.807, 2.05) is 19.1 Å². The van der Waals surface area contributed by atoms with Gasteiger partial charge in [-0.3, -0.25) is 4.79 Å². The summed E-state index contributed by atoms with van der Waals surface area (Å²) in [5.74, 6) is 0.611. The van der Waals surface area contributed by atoms with E-state index < -0.39 is 5.92 Å². The molecule has 0 saturated carbocycles. The van der Waals surface area contributed by atoms with Gasteiger partial charge in [-0.25, -0.2) is 0 Å². The van der Waals surface area contributed by atoms with Crippen LogP contribution in [0.3, 0.4) is 0 Å². The Morgan fingerprint density at radius 2 is 1.89 bits per heavy atom. The third-order valence-electron chi connectivity index (χ3n) is 3.01. The third-order valence-corrected chi connectivity index (χ3v) is 3.01. The first-order valence-corrected chi connectivity index (χ1v) is 6.00. The quantitative estimate of drug-likeness (QED) is 0.585. The number of benzene rings is 1. The van der Waals surface area contributed by atoms with Gasteiger partial charge in [0.15, 0.2) is 0 Å². The zero-order valence-corrected chi connectivity index (χ0v) is 11.9. The smallest absolute Gasteiger partial charge is 0.313 e. The predicted octanol–water partition coefficient (Wildman–Crippen LogP) is 2.84. The van der Waals surface area contributed by atoms with Gasteiger partial charge in [0.1, 0.15) is 11.5 Å². The Kier molecular flexibility index (Phi) is 5.42. The van der Waals surface area contributed by atoms with E-state index in [0.717, 1.165) is 11.1 Å². The summed E-state index contributed by atoms with van der Waals surface area (Å²) >= 11 is 0. The molecule has 4 nitrogen and oxygen atoms in total. The van der Waals surface area contributed by atoms with Gasteiger partial charge >= 0.3 is 5.97 Å². The highest BCUT2D eigenvalue weighted by atomic mass is 16.5. The first-order valence-electron chi connectivity index (χ1n) is 6.00. The number of methoxy groups -OCH3 is 3. The molecule has 0 radical (unpaired) electrons. The Labute approximate surface area is 114 Å². The summed E-state index contributed by atoms with van der Waals surface area (Å²) in [5, 5.41) is 0. The number of carbonyl (C=O) groups excluding carboxylic acids is 1. The first-order chi connectivity index (χ1) is 9.08. The molecule has 1 atom stereocenters. The minimum absolute atomic E-state index is 0.316. The van der Waals surface area contributed by atoms with Crippen LogP contribution in [0.1, 0.15) is 23.5 Å². The molecule has 0 bridgehead atoms. The molecule has 0 aromatic heterocycles. The van der Waals surface area contributed by atoms with E-state index in [1.54, 1.807) is 20.3 Å². The molecule has 0 amide bonds. The molecular formula is C15H20O4. The van der Waals surface area contributed by atoms with E-state index in [4.69, 9.17) is 14.2 Å². The fourth-order valence-corrected chi connectivity index (χ4v) is 2.01. The van der Waals surface area contributed by atoms with Gasteiger partial charge in [0, 0.05) is 5.56 Å². The molecule has 0 spiro atoms. The standard InChI is InChI=1S/C15H20O4/c1-6-7-11(15(16)19-5)12-9-13(17-3)10(2)8-14(12)18-4/h6,8-9,11H,1,7H2,2-5H3. The Morgan fingerprint density at radius 3 is 2.37 bits per heavy atom. The van der Waals surface area contributed by atoms with Gasteiger partial charge in [-0.15, -0.1) is 6.58 Å². The van der Waals surface area contributed by atoms with Crippen LogP contribution in [0.2, 0.25) is 0 Å². The van der Waals surface area contributed by atoms with E-state index >= 15 is 0 Å². The molecular weight excluding hydrogens is 244 g/mol. The van der Waals surface area contributed by atoms with Crippen LogP contribution in [0.5, 0.6) is 11.5 Å². The number of rotatable bonds is 6. The molecule has 0 aliphatic heterocycles. The Balaban J connectivity index is 3.34. The lowest BCUT2D eigenvalue weighted by atomic mass is 9.93. The summed E-state index contributed by atoms with van der Waals surface area (Å²) < 4.78 is 15.5. The molecule has 1 aromatic carbocycles. The molecule has 1 unspecified atom stereocenters. The zero-order chi connectivity index (χ0) is 14.4. The van der Waals surface area contributed by atoms with Crippen molar-refractivity contribution in [3.8, 4) is 11.5 Å². The molecule has 0 N–H and O–H groups in total. The van der Waals surface area contributed by atoms with E-state index in [2.05, 4.69) is 6.58 Å². The topological polar surface area (TPSA) is 44.8 Å². The molecule has 104 valence electrons. The van der Waals surface area contributed by atoms with Gasteiger partial charge in [0.25, 0.3) is 0 Å². The highest BCUT2D eigenvalue weighted by Gasteiger charge is 2.25. The van der Waals surface area contributed by atoms with Crippen molar-refractivity contribution in [3.05, 3.63) is 35.9 Å². The second kappa shape index (κ2) is 6.83. The van der Waals surface area contributed by atoms with E-state index in [9.17, 15) is 4.79 Å². The van der Waals surface area contributed by atoms with Gasteiger partial charge in [0.05, 0.1) is 27.2 Å². The Hall–Kier alpha value is -1.97. The van der Waals surface area contributed by atoms with Gasteiger partial charge in [-0.2, -0.15) is 0 Å². The monoisotopic (exact) mass is 264 g/mol. The molecule has 0 saturated heterocycles. The number of carbonyl (C=O) groups is 1. The molecule has 0 fully saturated rings. The number of esters is 1. The predicted molar refractivity (Wildman–Crippen MR) is 73.9 cm³/mol. The molecule has 0 aliphatic carbocycles. The summed E-state index contributed by atoms with van der Waals surface area (Å²) in [6.45, 7) is 5.60. The molecule has 19 heavy (non-hydrogen) atoms. The summed E-state index contributed by atoms with van der Waals surface area (Å²) in [6.07, 6.45) is 2.17. The summed E-state index contributed by atoms with van der Waals surface area (Å²) in [7, 11) is 4.54. The normalized spacial score (nSPS) is 11.6. The van der Waals surface area contributed by atoms with Crippen LogP contribution in [0.25, 0.3) is 0 Å². The lowest BCUT2D eigenvalue weighted by Gasteiger charge is -2.18. The SMILES string of the molecule is C=CCC(C(=O)OC)c1cc(OC)c(C)cc1OC. The summed E-state index contributed by atoms with van der Waals surface area (Å²) in [6, 6.07) is 3.67. The number of hydrogen-bond donors (Lipinski definition) is 0. The lowest BCUT2D eigenvalue weighted by molar-refractivity contribution is -0.142. The minimum Gasteiger partial charge on any atom is -0.496 e. The van der Waals surface area contributed by atoms with Gasteiger partial charge in [-0.1, -0.05) is 6.08 Å². The van der Waals surface area contributed by atoms with Crippen molar-refractivity contribution in [2.45, 2.75) is 19.3 Å². The van der Waals surface area contributed by atoms with E-state index in [0.29, 0.717) is 17.9 Å². The van der Waals surface area contributed by atoms with Crippen LogP contribution in [-0.4, -0.2) is 27.3 Å². The van der Waals surface area contributed by atoms with Gasteiger partial charge in [-0.05, 0) is 31.0 Å². The van der Waals surface area contributed by atoms with Crippen LogP contribution >= 0.6 is 0 Å². The molecule has 1 rings (SSSR count). The van der Waals surface area contributed by atoms with Crippen LogP contribution in [-0.2, 0) is 9.53 Å². The molecule has 4 heteroatoms. The lowest BCUT2D eigenvalue weighted by Crippen LogP contribution is -2.15. The second-order valence-corrected chi connectivity index (χ2v) is 4.16. The van der Waals surface area contributed by atoms with E-state index in [1.165, 1.54) is 7.11 Å². The fraction of sp³-hybridized carbons (Fsp3) is 0.400. The highest BCUT2D eigenvalue weighted by Crippen LogP contribution is 2.35. The van der Waals surface area contributed by atoms with Crippen molar-refractivity contribution in [2.75, 3.05) is 21.3 Å². The molecule has 0 aliphatic rings. The maximum atomic E-state index is 11.9. The molecule has 0 heterocycles. The van der Waals surface area contributed by atoms with E-state index in [-0.39, 0.29) is 5.97 Å². The van der Waals surface area contributed by atoms with Crippen molar-refractivity contribution in [3.63, 3.8) is 0 Å². The van der Waals surface area contributed by atoms with Crippen molar-refractivity contribution in [1.82, 2.24) is 0 Å². The summed E-state index contributed by atoms with van der Waals surface area (Å²) in [4.78, 5) is 11.9. The average molecular weight is 264 g/mol. The van der Waals surface area contributed by atoms with Crippen LogP contribution in [0.4, 0.5) is 0 Å². The third kappa shape index (κ3) is 3.28. The minimum atomic E-state index is -0.438. The summed E-state index contributed by atoms with van der Waals surface area (Å²) in [5.41, 5.74) is 1.70. The number of ether oxygens (including phenoxy) is 3. The van der Waals surface area contributed by atoms with Crippen LogP contribution < -0.4 is 9.47 Å². The number of allylic oxidation sites excluding steroid dienone is 1. The fourth-order valence-electron chi connectivity index (χ4n) is 2.01. The van der Waals surface area contributed by atoms with Gasteiger partial charge in [0.2, 0.25) is 0 Å². The van der Waals surface area contributed by atoms with Crippen molar-refractivity contribution < 1.29 is 19.0 Å². The number of aryl methyl sites for hydroxylation is 1. The highest BCUT2D eigenvalue weighted by molar-refractivity contribution is 5.79. The first kappa shape index (κ1) is 15.1. The maximum absolute atomic E-state index is 11.9. The average Bonchev–Trinajstić information content (AvgIpc) is 2.43. The van der Waals surface area contributed by atoms with Crippen molar-refractivity contribution in [1.29, 1.82) is 0 Å². The maximum Gasteiger partial charge on any atom is 0.313 e. The number of hydrogen-bond acceptors (Lipinski definition) is 4. The zero-order valence-electron chi connectivity index (χ0n) is 11.9.